The number of benzene rings is 2. The van der Waals surface area contributed by atoms with Crippen molar-refractivity contribution in [1.29, 1.82) is 0 Å². The van der Waals surface area contributed by atoms with Gasteiger partial charge in [0.15, 0.2) is 17.3 Å². The first-order chi connectivity index (χ1) is 15.1. The molecule has 0 aromatic heterocycles. The molecule has 0 aliphatic rings. The highest BCUT2D eigenvalue weighted by molar-refractivity contribution is 6.06. The van der Waals surface area contributed by atoms with E-state index >= 15 is 0 Å². The van der Waals surface area contributed by atoms with E-state index < -0.39 is 0 Å². The van der Waals surface area contributed by atoms with E-state index in [1.54, 1.807) is 18.2 Å². The quantitative estimate of drug-likeness (QED) is 0.244. The zero-order valence-electron chi connectivity index (χ0n) is 19.4. The van der Waals surface area contributed by atoms with E-state index in [4.69, 9.17) is 14.2 Å². The van der Waals surface area contributed by atoms with Crippen molar-refractivity contribution >= 4 is 11.9 Å². The minimum absolute atomic E-state index is 0.0404. The maximum Gasteiger partial charge on any atom is 0.185 e. The van der Waals surface area contributed by atoms with Crippen molar-refractivity contribution in [1.82, 2.24) is 0 Å². The summed E-state index contributed by atoms with van der Waals surface area (Å²) in [6.07, 6.45) is 8.19. The van der Waals surface area contributed by atoms with Crippen LogP contribution in [0.15, 0.2) is 42.5 Å². The standard InChI is InChI=1S/C27H36O4/c1-5-9-23-19-21(20-26(30-17-7-3)27(23)31-18-8-4)10-15-25(28)22-11-13-24(14-12-22)29-16-6-2/h10-15,19-20H,5-9,16-18H2,1-4H3. The van der Waals surface area contributed by atoms with Crippen molar-refractivity contribution in [2.45, 2.75) is 59.8 Å². The Bertz CT molecular complexity index is 837. The van der Waals surface area contributed by atoms with Crippen molar-refractivity contribution < 1.29 is 19.0 Å². The van der Waals surface area contributed by atoms with Gasteiger partial charge in [0.25, 0.3) is 0 Å². The zero-order chi connectivity index (χ0) is 22.5. The van der Waals surface area contributed by atoms with E-state index in [-0.39, 0.29) is 5.78 Å². The summed E-state index contributed by atoms with van der Waals surface area (Å²) in [5, 5.41) is 0. The SMILES string of the molecule is CCCOc1ccc(C(=O)C=Cc2cc(CCC)c(OCCC)c(OCCC)c2)cc1. The van der Waals surface area contributed by atoms with E-state index in [0.29, 0.717) is 25.4 Å². The summed E-state index contributed by atoms with van der Waals surface area (Å²) in [4.78, 5) is 12.6. The molecule has 0 atom stereocenters. The Morgan fingerprint density at radius 3 is 2.10 bits per heavy atom. The van der Waals surface area contributed by atoms with Gasteiger partial charge in [0.2, 0.25) is 0 Å². The third-order valence-corrected chi connectivity index (χ3v) is 4.62. The summed E-state index contributed by atoms with van der Waals surface area (Å²) in [6, 6.07) is 11.3. The molecule has 4 nitrogen and oxygen atoms in total. The molecule has 0 unspecified atom stereocenters. The van der Waals surface area contributed by atoms with Crippen LogP contribution in [-0.2, 0) is 6.42 Å². The summed E-state index contributed by atoms with van der Waals surface area (Å²) >= 11 is 0. The van der Waals surface area contributed by atoms with E-state index in [2.05, 4.69) is 33.8 Å². The molecule has 0 spiro atoms. The molecule has 0 amide bonds. The molecular weight excluding hydrogens is 388 g/mol. The molecule has 168 valence electrons. The molecule has 0 bridgehead atoms. The number of aryl methyl sites for hydroxylation is 1. The zero-order valence-corrected chi connectivity index (χ0v) is 19.4. The molecule has 0 aliphatic heterocycles. The second-order valence-electron chi connectivity index (χ2n) is 7.52. The van der Waals surface area contributed by atoms with Crippen LogP contribution in [0.1, 0.15) is 74.9 Å². The monoisotopic (exact) mass is 424 g/mol. The van der Waals surface area contributed by atoms with E-state index in [1.807, 2.05) is 24.3 Å². The summed E-state index contributed by atoms with van der Waals surface area (Å²) in [6.45, 7) is 10.4. The van der Waals surface area contributed by atoms with Gasteiger partial charge in [-0.2, -0.15) is 0 Å². The highest BCUT2D eigenvalue weighted by Crippen LogP contribution is 2.35. The lowest BCUT2D eigenvalue weighted by atomic mass is 10.0. The highest BCUT2D eigenvalue weighted by Gasteiger charge is 2.13. The fourth-order valence-electron chi connectivity index (χ4n) is 3.13. The molecule has 2 rings (SSSR count). The Hall–Kier alpha value is -2.75. The number of carbonyl (C=O) groups excluding carboxylic acids is 1. The molecule has 0 N–H and O–H groups in total. The lowest BCUT2D eigenvalue weighted by Gasteiger charge is -2.17. The Morgan fingerprint density at radius 1 is 0.806 bits per heavy atom. The summed E-state index contributed by atoms with van der Waals surface area (Å²) in [7, 11) is 0. The van der Waals surface area contributed by atoms with Gasteiger partial charge >= 0.3 is 0 Å². The van der Waals surface area contributed by atoms with Crippen molar-refractivity contribution in [3.8, 4) is 17.2 Å². The Kier molecular flexibility index (Phi) is 10.7. The molecule has 0 saturated heterocycles. The van der Waals surface area contributed by atoms with E-state index in [9.17, 15) is 4.79 Å². The molecular formula is C27H36O4. The van der Waals surface area contributed by atoms with Crippen LogP contribution >= 0.6 is 0 Å². The first kappa shape index (κ1) is 24.5. The van der Waals surface area contributed by atoms with Crippen LogP contribution in [0.5, 0.6) is 17.2 Å². The van der Waals surface area contributed by atoms with Gasteiger partial charge in [0.1, 0.15) is 5.75 Å². The maximum atomic E-state index is 12.6. The third-order valence-electron chi connectivity index (χ3n) is 4.62. The largest absolute Gasteiger partial charge is 0.494 e. The molecule has 2 aromatic rings. The normalized spacial score (nSPS) is 11.0. The van der Waals surface area contributed by atoms with Gasteiger partial charge in [-0.3, -0.25) is 4.79 Å². The topological polar surface area (TPSA) is 44.8 Å². The van der Waals surface area contributed by atoms with Crippen LogP contribution in [0, 0.1) is 0 Å². The second kappa shape index (κ2) is 13.5. The number of allylic oxidation sites excluding steroid dienone is 1. The summed E-state index contributed by atoms with van der Waals surface area (Å²) < 4.78 is 17.6. The van der Waals surface area contributed by atoms with Gasteiger partial charge < -0.3 is 14.2 Å². The number of hydrogen-bond donors (Lipinski definition) is 0. The number of hydrogen-bond acceptors (Lipinski definition) is 4. The van der Waals surface area contributed by atoms with E-state index in [0.717, 1.165) is 60.5 Å². The fraction of sp³-hybridized carbons (Fsp3) is 0.444. The minimum Gasteiger partial charge on any atom is -0.494 e. The molecule has 0 fully saturated rings. The van der Waals surface area contributed by atoms with Gasteiger partial charge in [0, 0.05) is 5.56 Å². The Morgan fingerprint density at radius 2 is 1.45 bits per heavy atom. The minimum atomic E-state index is -0.0404. The first-order valence-corrected chi connectivity index (χ1v) is 11.5. The summed E-state index contributed by atoms with van der Waals surface area (Å²) in [5.74, 6) is 2.34. The van der Waals surface area contributed by atoms with Gasteiger partial charge in [-0.25, -0.2) is 0 Å². The van der Waals surface area contributed by atoms with Crippen molar-refractivity contribution in [3.63, 3.8) is 0 Å². The number of ketones is 1. The molecule has 2 aromatic carbocycles. The maximum absolute atomic E-state index is 12.6. The van der Waals surface area contributed by atoms with Crippen LogP contribution in [0.4, 0.5) is 0 Å². The van der Waals surface area contributed by atoms with Crippen molar-refractivity contribution in [3.05, 3.63) is 59.2 Å². The van der Waals surface area contributed by atoms with Gasteiger partial charge in [0.05, 0.1) is 19.8 Å². The van der Waals surface area contributed by atoms with Gasteiger partial charge in [-0.05, 0) is 79.3 Å². The Labute approximate surface area is 187 Å². The first-order valence-electron chi connectivity index (χ1n) is 11.5. The number of ether oxygens (including phenoxy) is 3. The molecule has 31 heavy (non-hydrogen) atoms. The van der Waals surface area contributed by atoms with Crippen LogP contribution < -0.4 is 14.2 Å². The van der Waals surface area contributed by atoms with E-state index in [1.165, 1.54) is 0 Å². The van der Waals surface area contributed by atoms with Crippen LogP contribution in [0.25, 0.3) is 6.08 Å². The molecule has 0 aliphatic carbocycles. The average molecular weight is 425 g/mol. The second-order valence-corrected chi connectivity index (χ2v) is 7.52. The van der Waals surface area contributed by atoms with Crippen LogP contribution in [0.2, 0.25) is 0 Å². The third kappa shape index (κ3) is 7.78. The van der Waals surface area contributed by atoms with Gasteiger partial charge in [-0.1, -0.05) is 40.2 Å². The molecule has 0 radical (unpaired) electrons. The van der Waals surface area contributed by atoms with Crippen LogP contribution in [-0.4, -0.2) is 25.6 Å². The smallest absolute Gasteiger partial charge is 0.185 e. The van der Waals surface area contributed by atoms with Crippen molar-refractivity contribution in [2.24, 2.45) is 0 Å². The van der Waals surface area contributed by atoms with Crippen LogP contribution in [0.3, 0.4) is 0 Å². The van der Waals surface area contributed by atoms with Gasteiger partial charge in [-0.15, -0.1) is 0 Å². The molecule has 0 saturated carbocycles. The average Bonchev–Trinajstić information content (AvgIpc) is 2.79. The molecule has 0 heterocycles. The lowest BCUT2D eigenvalue weighted by Crippen LogP contribution is -2.05. The van der Waals surface area contributed by atoms with Crippen molar-refractivity contribution in [2.75, 3.05) is 19.8 Å². The number of carbonyl (C=O) groups is 1. The predicted molar refractivity (Wildman–Crippen MR) is 128 cm³/mol. The predicted octanol–water partition coefficient (Wildman–Crippen LogP) is 6.90. The molecule has 4 heteroatoms. The fourth-order valence-corrected chi connectivity index (χ4v) is 3.13. The summed E-state index contributed by atoms with van der Waals surface area (Å²) in [5.41, 5.74) is 2.70. The Balaban J connectivity index is 2.24. The number of rotatable bonds is 14. The highest BCUT2D eigenvalue weighted by atomic mass is 16.5. The lowest BCUT2D eigenvalue weighted by molar-refractivity contribution is 0.104.